The monoisotopic (exact) mass is 468 g/mol. The van der Waals surface area contributed by atoms with Crippen molar-refractivity contribution in [3.05, 3.63) is 88.2 Å². The molecule has 3 aromatic rings. The molecule has 1 aromatic carbocycles. The summed E-state index contributed by atoms with van der Waals surface area (Å²) in [6, 6.07) is 11.3. The van der Waals surface area contributed by atoms with E-state index in [1.54, 1.807) is 30.6 Å². The van der Waals surface area contributed by atoms with Crippen molar-refractivity contribution in [2.24, 2.45) is 5.73 Å². The molecular formula is C24H22F2N4O2S. The van der Waals surface area contributed by atoms with Gasteiger partial charge in [-0.2, -0.15) is 0 Å². The maximum atomic E-state index is 14.9. The van der Waals surface area contributed by atoms with E-state index in [-0.39, 0.29) is 23.1 Å². The Balaban J connectivity index is 1.62. The smallest absolute Gasteiger partial charge is 0.247 e. The molecule has 3 heterocycles. The van der Waals surface area contributed by atoms with Gasteiger partial charge in [-0.15, -0.1) is 0 Å². The number of halogens is 2. The number of anilines is 1. The number of nitrogens with one attached hydrogen (secondary N) is 1. The first-order chi connectivity index (χ1) is 15.6. The van der Waals surface area contributed by atoms with Crippen LogP contribution in [0.25, 0.3) is 11.3 Å². The van der Waals surface area contributed by atoms with Crippen LogP contribution < -0.4 is 11.1 Å². The van der Waals surface area contributed by atoms with E-state index in [1.165, 1.54) is 13.8 Å². The van der Waals surface area contributed by atoms with E-state index in [9.17, 15) is 18.7 Å². The molecule has 1 aliphatic rings. The van der Waals surface area contributed by atoms with Gasteiger partial charge in [-0.1, -0.05) is 17.8 Å². The van der Waals surface area contributed by atoms with E-state index in [0.717, 1.165) is 29.5 Å². The summed E-state index contributed by atoms with van der Waals surface area (Å²) in [4.78, 5) is 20.7. The van der Waals surface area contributed by atoms with Gasteiger partial charge in [0.2, 0.25) is 5.91 Å². The molecular weight excluding hydrogens is 446 g/mol. The number of aliphatic hydroxyl groups is 1. The van der Waals surface area contributed by atoms with Gasteiger partial charge in [0.05, 0.1) is 16.3 Å². The van der Waals surface area contributed by atoms with Gasteiger partial charge < -0.3 is 16.2 Å². The minimum absolute atomic E-state index is 0.0559. The Morgan fingerprint density at radius 2 is 1.94 bits per heavy atom. The second-order valence-electron chi connectivity index (χ2n) is 8.17. The lowest BCUT2D eigenvalue weighted by Crippen LogP contribution is -2.17. The minimum atomic E-state index is -1.39. The number of primary amides is 1. The molecule has 9 heteroatoms. The van der Waals surface area contributed by atoms with Gasteiger partial charge in [-0.05, 0) is 62.2 Å². The molecule has 0 spiro atoms. The molecule has 1 atom stereocenters. The summed E-state index contributed by atoms with van der Waals surface area (Å²) in [5.41, 5.74) is 5.86. The van der Waals surface area contributed by atoms with Crippen LogP contribution in [-0.2, 0) is 10.4 Å². The van der Waals surface area contributed by atoms with Crippen molar-refractivity contribution in [1.82, 2.24) is 9.97 Å². The quantitative estimate of drug-likeness (QED) is 0.487. The largest absolute Gasteiger partial charge is 0.386 e. The maximum Gasteiger partial charge on any atom is 0.247 e. The summed E-state index contributed by atoms with van der Waals surface area (Å²) in [6.07, 6.45) is 3.40. The number of carbonyl (C=O) groups is 1. The molecule has 4 N–H and O–H groups in total. The fourth-order valence-electron chi connectivity index (χ4n) is 3.55. The van der Waals surface area contributed by atoms with Crippen LogP contribution in [-0.4, -0.2) is 21.0 Å². The number of amides is 1. The second-order valence-corrected chi connectivity index (χ2v) is 9.38. The van der Waals surface area contributed by atoms with Crippen LogP contribution in [0, 0.1) is 11.6 Å². The molecule has 0 saturated heterocycles. The second kappa shape index (κ2) is 8.92. The Hall–Kier alpha value is -3.30. The molecule has 1 aliphatic heterocycles. The van der Waals surface area contributed by atoms with Crippen LogP contribution in [0.5, 0.6) is 0 Å². The molecule has 0 aliphatic carbocycles. The fourth-order valence-corrected chi connectivity index (χ4v) is 4.92. The number of hydrogen-bond donors (Lipinski definition) is 3. The average molecular weight is 469 g/mol. The van der Waals surface area contributed by atoms with Crippen LogP contribution in [0.2, 0.25) is 0 Å². The van der Waals surface area contributed by atoms with Crippen LogP contribution >= 0.6 is 11.8 Å². The lowest BCUT2D eigenvalue weighted by Gasteiger charge is -2.20. The van der Waals surface area contributed by atoms with Gasteiger partial charge in [0.15, 0.2) is 0 Å². The fraction of sp³-hybridized carbons (Fsp3) is 0.208. The molecule has 2 aromatic heterocycles. The topological polar surface area (TPSA) is 101 Å². The highest BCUT2D eigenvalue weighted by Gasteiger charge is 2.34. The summed E-state index contributed by atoms with van der Waals surface area (Å²) in [6.45, 7) is 2.90. The SMILES string of the molecule is CC(C)(O)c1cc(F)c(C2CC(C(N)=O)=C(Nc3cccc(-c4cccnc4)n3)S2)c(F)c1. The van der Waals surface area contributed by atoms with Crippen molar-refractivity contribution in [3.8, 4) is 11.3 Å². The van der Waals surface area contributed by atoms with Gasteiger partial charge in [-0.25, -0.2) is 13.8 Å². The van der Waals surface area contributed by atoms with Gasteiger partial charge in [0, 0.05) is 34.3 Å². The lowest BCUT2D eigenvalue weighted by atomic mass is 9.94. The number of pyridine rings is 2. The Morgan fingerprint density at radius 3 is 2.55 bits per heavy atom. The van der Waals surface area contributed by atoms with Crippen LogP contribution in [0.1, 0.15) is 36.6 Å². The average Bonchev–Trinajstić information content (AvgIpc) is 3.17. The van der Waals surface area contributed by atoms with E-state index >= 15 is 0 Å². The van der Waals surface area contributed by atoms with Crippen molar-refractivity contribution >= 4 is 23.5 Å². The van der Waals surface area contributed by atoms with Gasteiger partial charge >= 0.3 is 0 Å². The highest BCUT2D eigenvalue weighted by molar-refractivity contribution is 8.03. The molecule has 4 rings (SSSR count). The van der Waals surface area contributed by atoms with E-state index in [1.807, 2.05) is 12.1 Å². The van der Waals surface area contributed by atoms with Crippen LogP contribution in [0.3, 0.4) is 0 Å². The van der Waals surface area contributed by atoms with Gasteiger partial charge in [0.25, 0.3) is 0 Å². The van der Waals surface area contributed by atoms with Crippen molar-refractivity contribution in [2.75, 3.05) is 5.32 Å². The number of thioether (sulfide) groups is 1. The molecule has 1 amide bonds. The third-order valence-corrected chi connectivity index (χ3v) is 6.55. The molecule has 0 saturated carbocycles. The molecule has 170 valence electrons. The normalized spacial score (nSPS) is 16.2. The molecule has 33 heavy (non-hydrogen) atoms. The van der Waals surface area contributed by atoms with Crippen LogP contribution in [0.15, 0.2) is 65.5 Å². The summed E-state index contributed by atoms with van der Waals surface area (Å²) in [7, 11) is 0. The summed E-state index contributed by atoms with van der Waals surface area (Å²) >= 11 is 1.11. The lowest BCUT2D eigenvalue weighted by molar-refractivity contribution is -0.114. The molecule has 0 bridgehead atoms. The first kappa shape index (κ1) is 22.9. The Labute approximate surface area is 194 Å². The Kier molecular flexibility index (Phi) is 6.18. The van der Waals surface area contributed by atoms with Gasteiger partial charge in [-0.3, -0.25) is 9.78 Å². The number of nitrogens with two attached hydrogens (primary N) is 1. The first-order valence-corrected chi connectivity index (χ1v) is 11.1. The molecule has 0 fully saturated rings. The van der Waals surface area contributed by atoms with Crippen molar-refractivity contribution in [1.29, 1.82) is 0 Å². The van der Waals surface area contributed by atoms with E-state index in [2.05, 4.69) is 15.3 Å². The third kappa shape index (κ3) is 4.89. The zero-order chi connectivity index (χ0) is 23.8. The third-order valence-electron chi connectivity index (χ3n) is 5.28. The summed E-state index contributed by atoms with van der Waals surface area (Å²) < 4.78 is 29.8. The van der Waals surface area contributed by atoms with Gasteiger partial charge in [0.1, 0.15) is 17.5 Å². The first-order valence-electron chi connectivity index (χ1n) is 10.2. The predicted octanol–water partition coefficient (Wildman–Crippen LogP) is 4.64. The number of aromatic nitrogens is 2. The highest BCUT2D eigenvalue weighted by atomic mass is 32.2. The number of benzene rings is 1. The maximum absolute atomic E-state index is 14.9. The number of hydrogen-bond acceptors (Lipinski definition) is 6. The highest BCUT2D eigenvalue weighted by Crippen LogP contribution is 2.49. The molecule has 0 radical (unpaired) electrons. The summed E-state index contributed by atoms with van der Waals surface area (Å²) in [5.74, 6) is -1.79. The number of nitrogens with zero attached hydrogens (tertiary/aromatic N) is 2. The van der Waals surface area contributed by atoms with Crippen molar-refractivity contribution in [2.45, 2.75) is 31.1 Å². The zero-order valence-corrected chi connectivity index (χ0v) is 18.8. The predicted molar refractivity (Wildman–Crippen MR) is 124 cm³/mol. The number of rotatable bonds is 6. The van der Waals surface area contributed by atoms with E-state index < -0.39 is 28.4 Å². The zero-order valence-electron chi connectivity index (χ0n) is 18.0. The summed E-state index contributed by atoms with van der Waals surface area (Å²) in [5, 5.41) is 12.9. The standard InChI is InChI=1S/C24H22F2N4O2S/c1-24(2,32)14-9-16(25)21(17(26)10-14)19-11-15(22(27)31)23(33-19)30-20-7-3-6-18(29-20)13-5-4-8-28-12-13/h3-10,12,19,32H,11H2,1-2H3,(H2,27,31)(H,29,30). The van der Waals surface area contributed by atoms with Crippen molar-refractivity contribution < 1.29 is 18.7 Å². The molecule has 1 unspecified atom stereocenters. The Morgan fingerprint density at radius 1 is 1.21 bits per heavy atom. The van der Waals surface area contributed by atoms with Crippen molar-refractivity contribution in [3.63, 3.8) is 0 Å². The van der Waals surface area contributed by atoms with Crippen LogP contribution in [0.4, 0.5) is 14.6 Å². The van der Waals surface area contributed by atoms with E-state index in [4.69, 9.17) is 5.73 Å². The molecule has 6 nitrogen and oxygen atoms in total. The number of carbonyl (C=O) groups excluding carboxylic acids is 1. The minimum Gasteiger partial charge on any atom is -0.386 e. The van der Waals surface area contributed by atoms with E-state index in [0.29, 0.717) is 16.5 Å². The Bertz CT molecular complexity index is 1220.